The van der Waals surface area contributed by atoms with Crippen molar-refractivity contribution in [2.24, 2.45) is 5.73 Å². The van der Waals surface area contributed by atoms with Gasteiger partial charge < -0.3 is 5.73 Å². The molecule has 1 nitrogen and oxygen atoms in total. The molecule has 0 aliphatic rings. The van der Waals surface area contributed by atoms with Crippen LogP contribution in [0, 0.1) is 0 Å². The Morgan fingerprint density at radius 3 is 2.93 bits per heavy atom. The Morgan fingerprint density at radius 2 is 2.29 bits per heavy atom. The van der Waals surface area contributed by atoms with Gasteiger partial charge in [-0.25, -0.2) is 0 Å². The summed E-state index contributed by atoms with van der Waals surface area (Å²) in [7, 11) is 0. The molecule has 0 heterocycles. The van der Waals surface area contributed by atoms with Crippen molar-refractivity contribution in [1.82, 2.24) is 0 Å². The lowest BCUT2D eigenvalue weighted by atomic mass is 10.2. The quantitative estimate of drug-likeness (QED) is 0.829. The number of hydrogen-bond donors (Lipinski definition) is 1. The molecule has 1 unspecified atom stereocenters. The van der Waals surface area contributed by atoms with Crippen LogP contribution in [0.3, 0.4) is 0 Å². The predicted molar refractivity (Wildman–Crippen MR) is 67.7 cm³/mol. The van der Waals surface area contributed by atoms with Crippen molar-refractivity contribution in [1.29, 1.82) is 0 Å². The molecule has 0 amide bonds. The van der Waals surface area contributed by atoms with Crippen LogP contribution in [0.5, 0.6) is 0 Å². The number of nitrogens with two attached hydrogens (primary N) is 1. The van der Waals surface area contributed by atoms with E-state index in [0.29, 0.717) is 6.04 Å². The molecular weight excluding hydrogens is 258 g/mol. The van der Waals surface area contributed by atoms with Gasteiger partial charge in [-0.3, -0.25) is 0 Å². The highest BCUT2D eigenvalue weighted by molar-refractivity contribution is 9.10. The van der Waals surface area contributed by atoms with Crippen LogP contribution in [0.2, 0.25) is 0 Å². The third-order valence-corrected chi connectivity index (χ3v) is 3.59. The fourth-order valence-corrected chi connectivity index (χ4v) is 2.72. The monoisotopic (exact) mass is 273 g/mol. The molecular formula is C11H16BrNS. The first-order valence-electron chi connectivity index (χ1n) is 4.86. The minimum absolute atomic E-state index is 0.323. The fraction of sp³-hybridized carbons (Fsp3) is 0.455. The molecule has 0 saturated heterocycles. The molecule has 14 heavy (non-hydrogen) atoms. The van der Waals surface area contributed by atoms with Crippen LogP contribution in [-0.2, 0) is 0 Å². The summed E-state index contributed by atoms with van der Waals surface area (Å²) >= 11 is 5.28. The lowest BCUT2D eigenvalue weighted by molar-refractivity contribution is 0.661. The SMILES string of the molecule is CCCC(N)CSc1cccc(Br)c1. The molecule has 1 atom stereocenters. The summed E-state index contributed by atoms with van der Waals surface area (Å²) < 4.78 is 1.13. The predicted octanol–water partition coefficient (Wildman–Crippen LogP) is 3.67. The van der Waals surface area contributed by atoms with E-state index in [9.17, 15) is 0 Å². The van der Waals surface area contributed by atoms with Gasteiger partial charge in [0.2, 0.25) is 0 Å². The molecule has 0 bridgehead atoms. The maximum Gasteiger partial charge on any atom is 0.0186 e. The summed E-state index contributed by atoms with van der Waals surface area (Å²) in [5.74, 6) is 1.00. The summed E-state index contributed by atoms with van der Waals surface area (Å²) in [5.41, 5.74) is 5.94. The van der Waals surface area contributed by atoms with Crippen LogP contribution >= 0.6 is 27.7 Å². The Balaban J connectivity index is 2.37. The lowest BCUT2D eigenvalue weighted by Crippen LogP contribution is -2.22. The molecule has 0 aliphatic heterocycles. The maximum absolute atomic E-state index is 5.94. The van der Waals surface area contributed by atoms with Crippen LogP contribution in [0.25, 0.3) is 0 Å². The zero-order valence-electron chi connectivity index (χ0n) is 8.37. The molecule has 0 aromatic heterocycles. The second-order valence-electron chi connectivity index (χ2n) is 3.32. The fourth-order valence-electron chi connectivity index (χ4n) is 1.21. The van der Waals surface area contributed by atoms with E-state index in [1.54, 1.807) is 0 Å². The van der Waals surface area contributed by atoms with Crippen molar-refractivity contribution < 1.29 is 0 Å². The van der Waals surface area contributed by atoms with Crippen LogP contribution in [0.4, 0.5) is 0 Å². The largest absolute Gasteiger partial charge is 0.327 e. The summed E-state index contributed by atoms with van der Waals surface area (Å²) in [6.07, 6.45) is 2.28. The Labute approximate surface area is 98.6 Å². The van der Waals surface area contributed by atoms with E-state index in [2.05, 4.69) is 41.1 Å². The van der Waals surface area contributed by atoms with Crippen molar-refractivity contribution in [2.75, 3.05) is 5.75 Å². The minimum atomic E-state index is 0.323. The molecule has 1 aromatic carbocycles. The van der Waals surface area contributed by atoms with Gasteiger partial charge in [0.05, 0.1) is 0 Å². The minimum Gasteiger partial charge on any atom is -0.327 e. The van der Waals surface area contributed by atoms with Crippen molar-refractivity contribution >= 4 is 27.7 Å². The Kier molecular flexibility index (Phi) is 5.60. The molecule has 0 saturated carbocycles. The van der Waals surface area contributed by atoms with E-state index >= 15 is 0 Å². The van der Waals surface area contributed by atoms with Crippen LogP contribution < -0.4 is 5.73 Å². The molecule has 2 N–H and O–H groups in total. The molecule has 1 aromatic rings. The summed E-state index contributed by atoms with van der Waals surface area (Å²) in [4.78, 5) is 1.28. The molecule has 0 spiro atoms. The first kappa shape index (κ1) is 12.1. The highest BCUT2D eigenvalue weighted by atomic mass is 79.9. The summed E-state index contributed by atoms with van der Waals surface area (Å²) in [6.45, 7) is 2.17. The van der Waals surface area contributed by atoms with Crippen molar-refractivity contribution in [2.45, 2.75) is 30.7 Å². The molecule has 0 fully saturated rings. The number of benzene rings is 1. The van der Waals surface area contributed by atoms with Gasteiger partial charge in [0.1, 0.15) is 0 Å². The maximum atomic E-state index is 5.94. The van der Waals surface area contributed by atoms with Crippen LogP contribution in [-0.4, -0.2) is 11.8 Å². The topological polar surface area (TPSA) is 26.0 Å². The Morgan fingerprint density at radius 1 is 1.50 bits per heavy atom. The van der Waals surface area contributed by atoms with Gasteiger partial charge in [0.25, 0.3) is 0 Å². The van der Waals surface area contributed by atoms with Crippen LogP contribution in [0.1, 0.15) is 19.8 Å². The second kappa shape index (κ2) is 6.49. The number of halogens is 1. The van der Waals surface area contributed by atoms with E-state index in [-0.39, 0.29) is 0 Å². The van der Waals surface area contributed by atoms with Crippen LogP contribution in [0.15, 0.2) is 33.6 Å². The van der Waals surface area contributed by atoms with E-state index in [1.807, 2.05) is 17.8 Å². The second-order valence-corrected chi connectivity index (χ2v) is 5.33. The zero-order valence-corrected chi connectivity index (χ0v) is 10.8. The first-order valence-corrected chi connectivity index (χ1v) is 6.64. The average molecular weight is 274 g/mol. The Bertz CT molecular complexity index is 278. The van der Waals surface area contributed by atoms with Gasteiger partial charge in [-0.2, -0.15) is 0 Å². The van der Waals surface area contributed by atoms with Gasteiger partial charge in [-0.1, -0.05) is 35.3 Å². The van der Waals surface area contributed by atoms with Crippen molar-refractivity contribution in [3.05, 3.63) is 28.7 Å². The third kappa shape index (κ3) is 4.49. The van der Waals surface area contributed by atoms with Crippen molar-refractivity contribution in [3.8, 4) is 0 Å². The van der Waals surface area contributed by atoms with E-state index < -0.39 is 0 Å². The third-order valence-electron chi connectivity index (χ3n) is 1.92. The summed E-state index contributed by atoms with van der Waals surface area (Å²) in [5, 5.41) is 0. The highest BCUT2D eigenvalue weighted by Crippen LogP contribution is 2.22. The Hall–Kier alpha value is 0.01000. The van der Waals surface area contributed by atoms with Gasteiger partial charge in [0.15, 0.2) is 0 Å². The van der Waals surface area contributed by atoms with Gasteiger partial charge in [-0.05, 0) is 24.6 Å². The van der Waals surface area contributed by atoms with E-state index in [0.717, 1.165) is 16.6 Å². The lowest BCUT2D eigenvalue weighted by Gasteiger charge is -2.09. The number of rotatable bonds is 5. The molecule has 0 radical (unpaired) electrons. The highest BCUT2D eigenvalue weighted by Gasteiger charge is 2.02. The molecule has 78 valence electrons. The smallest absolute Gasteiger partial charge is 0.0186 e. The standard InChI is InChI=1S/C11H16BrNS/c1-2-4-10(13)8-14-11-6-3-5-9(12)7-11/h3,5-7,10H,2,4,8,13H2,1H3. The van der Waals surface area contributed by atoms with Crippen molar-refractivity contribution in [3.63, 3.8) is 0 Å². The summed E-state index contributed by atoms with van der Waals surface area (Å²) in [6, 6.07) is 8.66. The zero-order chi connectivity index (χ0) is 10.4. The number of hydrogen-bond acceptors (Lipinski definition) is 2. The van der Waals surface area contributed by atoms with E-state index in [1.165, 1.54) is 11.3 Å². The molecule has 0 aliphatic carbocycles. The first-order chi connectivity index (χ1) is 6.72. The van der Waals surface area contributed by atoms with Gasteiger partial charge >= 0.3 is 0 Å². The normalized spacial score (nSPS) is 12.8. The average Bonchev–Trinajstić information content (AvgIpc) is 2.15. The number of thioether (sulfide) groups is 1. The van der Waals surface area contributed by atoms with Gasteiger partial charge in [-0.15, -0.1) is 11.8 Å². The van der Waals surface area contributed by atoms with E-state index in [4.69, 9.17) is 5.73 Å². The molecule has 3 heteroatoms. The van der Waals surface area contributed by atoms with Gasteiger partial charge in [0, 0.05) is 21.2 Å². The molecule has 1 rings (SSSR count).